The van der Waals surface area contributed by atoms with E-state index in [0.29, 0.717) is 43.7 Å². The number of nitrogens with one attached hydrogen (secondary N) is 1. The van der Waals surface area contributed by atoms with Gasteiger partial charge in [0.2, 0.25) is 15.9 Å². The van der Waals surface area contributed by atoms with Crippen molar-refractivity contribution < 1.29 is 26.0 Å². The molecule has 0 atom stereocenters. The molecule has 35 heavy (non-hydrogen) atoms. The molecular formula is C22H21F3N6O3S. The average molecular weight is 507 g/mol. The van der Waals surface area contributed by atoms with Crippen molar-refractivity contribution in [1.82, 2.24) is 24.5 Å². The summed E-state index contributed by atoms with van der Waals surface area (Å²) in [6, 6.07) is 8.71. The third kappa shape index (κ3) is 5.15. The highest BCUT2D eigenvalue weighted by molar-refractivity contribution is 7.93. The van der Waals surface area contributed by atoms with Gasteiger partial charge in [-0.2, -0.15) is 8.78 Å². The molecule has 5 rings (SSSR count). The number of fused-ring (bicyclic) bond motifs is 1. The van der Waals surface area contributed by atoms with Crippen LogP contribution in [-0.2, 0) is 16.6 Å². The Morgan fingerprint density at radius 1 is 1.14 bits per heavy atom. The Kier molecular flexibility index (Phi) is 6.19. The van der Waals surface area contributed by atoms with Gasteiger partial charge in [-0.1, -0.05) is 6.07 Å². The van der Waals surface area contributed by atoms with Gasteiger partial charge in [0.05, 0.1) is 16.6 Å². The SMILES string of the molecule is O=S(=O)(Nc1cccc(F)c1)C1CCN(Cc2cn3ccc(-c4nnc(C(F)F)o4)cc3n2)CC1. The number of hydrogen-bond donors (Lipinski definition) is 1. The summed E-state index contributed by atoms with van der Waals surface area (Å²) >= 11 is 0. The van der Waals surface area contributed by atoms with Gasteiger partial charge in [-0.15, -0.1) is 10.2 Å². The van der Waals surface area contributed by atoms with E-state index in [1.165, 1.54) is 18.2 Å². The molecule has 0 bridgehead atoms. The number of piperidine rings is 1. The highest BCUT2D eigenvalue weighted by Crippen LogP contribution is 2.25. The first kappa shape index (κ1) is 23.3. The molecule has 1 N–H and O–H groups in total. The van der Waals surface area contributed by atoms with Gasteiger partial charge < -0.3 is 8.82 Å². The third-order valence-electron chi connectivity index (χ3n) is 5.83. The average Bonchev–Trinajstić information content (AvgIpc) is 3.46. The van der Waals surface area contributed by atoms with E-state index in [1.54, 1.807) is 22.7 Å². The molecule has 4 heterocycles. The Balaban J connectivity index is 1.21. The molecule has 0 spiro atoms. The molecular weight excluding hydrogens is 485 g/mol. The zero-order valence-corrected chi connectivity index (χ0v) is 19.1. The molecule has 4 aromatic rings. The van der Waals surface area contributed by atoms with Crippen LogP contribution >= 0.6 is 0 Å². The maximum atomic E-state index is 13.4. The third-order valence-corrected chi connectivity index (χ3v) is 7.70. The molecule has 9 nitrogen and oxygen atoms in total. The van der Waals surface area contributed by atoms with Crippen molar-refractivity contribution in [3.8, 4) is 11.5 Å². The van der Waals surface area contributed by atoms with Gasteiger partial charge in [0.15, 0.2) is 0 Å². The predicted octanol–water partition coefficient (Wildman–Crippen LogP) is 3.87. The summed E-state index contributed by atoms with van der Waals surface area (Å²) in [7, 11) is -3.63. The predicted molar refractivity (Wildman–Crippen MR) is 121 cm³/mol. The van der Waals surface area contributed by atoms with Crippen molar-refractivity contribution in [1.29, 1.82) is 0 Å². The minimum absolute atomic E-state index is 0.0116. The number of sulfonamides is 1. The standard InChI is InChI=1S/C22H21F3N6O3S/c23-15-2-1-3-16(11-15)29-35(32,33)18-5-7-30(8-6-18)12-17-13-31-9-4-14(10-19(31)26-17)21-27-28-22(34-21)20(24)25/h1-4,9-11,13,18,20,29H,5-8,12H2. The van der Waals surface area contributed by atoms with Gasteiger partial charge in [0, 0.05) is 24.5 Å². The van der Waals surface area contributed by atoms with Crippen LogP contribution in [0.2, 0.25) is 0 Å². The van der Waals surface area contributed by atoms with Gasteiger partial charge in [-0.25, -0.2) is 17.8 Å². The highest BCUT2D eigenvalue weighted by Gasteiger charge is 2.30. The number of pyridine rings is 1. The van der Waals surface area contributed by atoms with Crippen LogP contribution in [0.15, 0.2) is 53.2 Å². The van der Waals surface area contributed by atoms with Crippen LogP contribution in [-0.4, -0.2) is 51.2 Å². The molecule has 13 heteroatoms. The molecule has 0 amide bonds. The Bertz CT molecular complexity index is 1450. The van der Waals surface area contributed by atoms with Crippen LogP contribution in [0.25, 0.3) is 17.1 Å². The topological polar surface area (TPSA) is 106 Å². The number of imidazole rings is 1. The molecule has 1 saturated heterocycles. The number of anilines is 1. The molecule has 0 aliphatic carbocycles. The molecule has 3 aromatic heterocycles. The summed E-state index contributed by atoms with van der Waals surface area (Å²) in [5, 5.41) is 6.43. The quantitative estimate of drug-likeness (QED) is 0.406. The first-order chi connectivity index (χ1) is 16.8. The van der Waals surface area contributed by atoms with E-state index in [9.17, 15) is 21.6 Å². The molecule has 0 unspecified atom stereocenters. The summed E-state index contributed by atoms with van der Waals surface area (Å²) < 4.78 is 73.5. The molecule has 1 aromatic carbocycles. The zero-order valence-electron chi connectivity index (χ0n) is 18.3. The number of benzene rings is 1. The van der Waals surface area contributed by atoms with E-state index in [4.69, 9.17) is 4.42 Å². The minimum Gasteiger partial charge on any atom is -0.415 e. The lowest BCUT2D eigenvalue weighted by molar-refractivity contribution is 0.116. The number of aromatic nitrogens is 4. The van der Waals surface area contributed by atoms with E-state index in [0.717, 1.165) is 11.8 Å². The van der Waals surface area contributed by atoms with E-state index in [1.807, 2.05) is 6.20 Å². The lowest BCUT2D eigenvalue weighted by Crippen LogP contribution is -2.40. The summed E-state index contributed by atoms with van der Waals surface area (Å²) in [5.41, 5.74) is 2.06. The Labute approximate surface area is 198 Å². The van der Waals surface area contributed by atoms with Gasteiger partial charge in [0.1, 0.15) is 11.5 Å². The zero-order chi connectivity index (χ0) is 24.6. The summed E-state index contributed by atoms with van der Waals surface area (Å²) in [6.45, 7) is 1.65. The van der Waals surface area contributed by atoms with Crippen LogP contribution in [0.5, 0.6) is 0 Å². The molecule has 1 fully saturated rings. The number of likely N-dealkylation sites (tertiary alicyclic amines) is 1. The maximum Gasteiger partial charge on any atom is 0.314 e. The van der Waals surface area contributed by atoms with Gasteiger partial charge in [-0.3, -0.25) is 9.62 Å². The normalized spacial score (nSPS) is 15.8. The second kappa shape index (κ2) is 9.30. The monoisotopic (exact) mass is 506 g/mol. The van der Waals surface area contributed by atoms with Crippen molar-refractivity contribution in [3.05, 3.63) is 66.2 Å². The fraction of sp³-hybridized carbons (Fsp3) is 0.318. The molecule has 0 radical (unpaired) electrons. The van der Waals surface area contributed by atoms with Crippen molar-refractivity contribution in [2.75, 3.05) is 17.8 Å². The number of halogens is 3. The number of hydrogen-bond acceptors (Lipinski definition) is 7. The Morgan fingerprint density at radius 2 is 1.94 bits per heavy atom. The van der Waals surface area contributed by atoms with E-state index < -0.39 is 33.4 Å². The van der Waals surface area contributed by atoms with Gasteiger partial charge >= 0.3 is 6.43 Å². The second-order valence-corrected chi connectivity index (χ2v) is 10.3. The molecule has 184 valence electrons. The smallest absolute Gasteiger partial charge is 0.314 e. The Morgan fingerprint density at radius 3 is 2.66 bits per heavy atom. The van der Waals surface area contributed by atoms with Crippen molar-refractivity contribution in [2.45, 2.75) is 31.1 Å². The van der Waals surface area contributed by atoms with Crippen LogP contribution in [0.4, 0.5) is 18.9 Å². The lowest BCUT2D eigenvalue weighted by Gasteiger charge is -2.31. The van der Waals surface area contributed by atoms with E-state index >= 15 is 0 Å². The molecule has 1 aliphatic heterocycles. The van der Waals surface area contributed by atoms with Gasteiger partial charge in [-0.05, 0) is 56.3 Å². The van der Waals surface area contributed by atoms with Crippen LogP contribution < -0.4 is 4.72 Å². The second-order valence-electron chi connectivity index (χ2n) is 8.29. The van der Waals surface area contributed by atoms with Crippen LogP contribution in [0.3, 0.4) is 0 Å². The fourth-order valence-electron chi connectivity index (χ4n) is 4.09. The lowest BCUT2D eigenvalue weighted by atomic mass is 10.1. The van der Waals surface area contributed by atoms with Crippen LogP contribution in [0, 0.1) is 5.82 Å². The van der Waals surface area contributed by atoms with Crippen molar-refractivity contribution in [2.24, 2.45) is 0 Å². The van der Waals surface area contributed by atoms with Gasteiger partial charge in [0.25, 0.3) is 5.89 Å². The first-order valence-corrected chi connectivity index (χ1v) is 12.4. The summed E-state index contributed by atoms with van der Waals surface area (Å²) in [4.78, 5) is 6.70. The molecule has 0 saturated carbocycles. The summed E-state index contributed by atoms with van der Waals surface area (Å²) in [6.07, 6.45) is 1.61. The molecule has 1 aliphatic rings. The largest absolute Gasteiger partial charge is 0.415 e. The number of nitrogens with zero attached hydrogens (tertiary/aromatic N) is 5. The summed E-state index contributed by atoms with van der Waals surface area (Å²) in [5.74, 6) is -1.25. The van der Waals surface area contributed by atoms with E-state index in [-0.39, 0.29) is 11.6 Å². The fourth-order valence-corrected chi connectivity index (χ4v) is 5.54. The highest BCUT2D eigenvalue weighted by atomic mass is 32.2. The van der Waals surface area contributed by atoms with Crippen LogP contribution in [0.1, 0.15) is 30.9 Å². The van der Waals surface area contributed by atoms with Crippen molar-refractivity contribution >= 4 is 21.4 Å². The van der Waals surface area contributed by atoms with Crippen molar-refractivity contribution in [3.63, 3.8) is 0 Å². The number of rotatable bonds is 7. The first-order valence-electron chi connectivity index (χ1n) is 10.9. The maximum absolute atomic E-state index is 13.4. The number of alkyl halides is 2. The Hall–Kier alpha value is -3.45. The minimum atomic E-state index is -3.63. The van der Waals surface area contributed by atoms with E-state index in [2.05, 4.69) is 24.8 Å².